The first-order valence-electron chi connectivity index (χ1n) is 13.6. The highest BCUT2D eigenvalue weighted by Gasteiger charge is 2.24. The lowest BCUT2D eigenvalue weighted by Crippen LogP contribution is -2.44. The van der Waals surface area contributed by atoms with Gasteiger partial charge < -0.3 is 28.4 Å². The normalized spacial score (nSPS) is 11.2. The van der Waals surface area contributed by atoms with Gasteiger partial charge in [0.05, 0.1) is 27.0 Å². The molecule has 8 heteroatoms. The molecule has 0 spiro atoms. The first-order chi connectivity index (χ1) is 19.2. The number of hydrogen-bond donors (Lipinski definition) is 0. The molecule has 3 rings (SSSR count). The van der Waals surface area contributed by atoms with Gasteiger partial charge in [0.2, 0.25) is 5.91 Å². The maximum atomic E-state index is 13.7. The van der Waals surface area contributed by atoms with Gasteiger partial charge in [0.25, 0.3) is 5.91 Å². The van der Waals surface area contributed by atoms with Gasteiger partial charge in [-0.05, 0) is 65.8 Å². The fraction of sp³-hybridized carbons (Fsp3) is 0.438. The van der Waals surface area contributed by atoms with Crippen molar-refractivity contribution in [3.63, 3.8) is 0 Å². The zero-order valence-corrected chi connectivity index (χ0v) is 24.6. The van der Waals surface area contributed by atoms with Crippen LogP contribution in [0.5, 0.6) is 11.5 Å². The van der Waals surface area contributed by atoms with E-state index in [2.05, 4.69) is 20.8 Å². The number of methoxy groups -OCH3 is 3. The minimum Gasteiger partial charge on any atom is -0.493 e. The van der Waals surface area contributed by atoms with E-state index in [0.717, 1.165) is 11.1 Å². The molecule has 0 aliphatic rings. The third kappa shape index (κ3) is 8.61. The number of amides is 2. The van der Waals surface area contributed by atoms with Crippen LogP contribution in [0.2, 0.25) is 0 Å². The smallest absolute Gasteiger partial charge is 0.254 e. The van der Waals surface area contributed by atoms with Crippen LogP contribution in [0.3, 0.4) is 0 Å². The van der Waals surface area contributed by atoms with Crippen molar-refractivity contribution in [3.8, 4) is 11.5 Å². The van der Waals surface area contributed by atoms with E-state index >= 15 is 0 Å². The number of rotatable bonds is 14. The first-order valence-corrected chi connectivity index (χ1v) is 13.6. The number of carbonyl (C=O) groups is 2. The van der Waals surface area contributed by atoms with Crippen LogP contribution in [0.15, 0.2) is 65.3 Å². The van der Waals surface area contributed by atoms with Crippen LogP contribution < -0.4 is 9.47 Å². The highest BCUT2D eigenvalue weighted by molar-refractivity contribution is 5.96. The van der Waals surface area contributed by atoms with Gasteiger partial charge in [0, 0.05) is 32.4 Å². The molecule has 0 aliphatic carbocycles. The molecule has 0 atom stereocenters. The van der Waals surface area contributed by atoms with Gasteiger partial charge in [-0.1, -0.05) is 39.0 Å². The molecule has 1 heterocycles. The number of nitrogens with zero attached hydrogens (tertiary/aromatic N) is 2. The molecular formula is C32H42N2O6. The summed E-state index contributed by atoms with van der Waals surface area (Å²) in [4.78, 5) is 30.6. The Hall–Kier alpha value is -3.78. The molecule has 0 bridgehead atoms. The zero-order chi connectivity index (χ0) is 29.1. The van der Waals surface area contributed by atoms with Crippen molar-refractivity contribution in [1.82, 2.24) is 9.80 Å². The predicted molar refractivity (Wildman–Crippen MR) is 155 cm³/mol. The van der Waals surface area contributed by atoms with Crippen LogP contribution in [-0.2, 0) is 27.9 Å². The Bertz CT molecular complexity index is 1220. The molecule has 1 aromatic heterocycles. The minimum atomic E-state index is -0.178. The van der Waals surface area contributed by atoms with E-state index in [-0.39, 0.29) is 23.8 Å². The molecule has 8 nitrogen and oxygen atoms in total. The number of furan rings is 1. The summed E-state index contributed by atoms with van der Waals surface area (Å²) < 4.78 is 21.5. The summed E-state index contributed by atoms with van der Waals surface area (Å²) in [5.41, 5.74) is 2.68. The SMILES string of the molecule is COCCCN(CC(=O)N(CCc1ccc(OC)c(OC)c1)Cc1ccco1)C(=O)c1ccc(C(C)(C)C)cc1. The van der Waals surface area contributed by atoms with Gasteiger partial charge >= 0.3 is 0 Å². The van der Waals surface area contributed by atoms with Gasteiger partial charge in [-0.25, -0.2) is 0 Å². The van der Waals surface area contributed by atoms with E-state index in [0.29, 0.717) is 61.9 Å². The maximum Gasteiger partial charge on any atom is 0.254 e. The van der Waals surface area contributed by atoms with E-state index in [4.69, 9.17) is 18.6 Å². The molecule has 0 N–H and O–H groups in total. The highest BCUT2D eigenvalue weighted by Crippen LogP contribution is 2.28. The zero-order valence-electron chi connectivity index (χ0n) is 24.6. The van der Waals surface area contributed by atoms with Crippen molar-refractivity contribution in [3.05, 3.63) is 83.3 Å². The standard InChI is InChI=1S/C32H42N2O6/c1-32(2,3)26-13-11-25(12-14-26)31(36)34(17-8-19-37-4)23-30(35)33(22-27-9-7-20-40-27)18-16-24-10-15-28(38-5)29(21-24)39-6/h7,9-15,20-21H,8,16-19,22-23H2,1-6H3. The third-order valence-corrected chi connectivity index (χ3v) is 6.79. The van der Waals surface area contributed by atoms with Gasteiger partial charge in [-0.2, -0.15) is 0 Å². The molecule has 0 saturated heterocycles. The molecule has 3 aromatic rings. The van der Waals surface area contributed by atoms with E-state index in [1.165, 1.54) is 0 Å². The summed E-state index contributed by atoms with van der Waals surface area (Å²) >= 11 is 0. The Morgan fingerprint density at radius 1 is 0.875 bits per heavy atom. The number of carbonyl (C=O) groups excluding carboxylic acids is 2. The third-order valence-electron chi connectivity index (χ3n) is 6.79. The van der Waals surface area contributed by atoms with Gasteiger partial charge in [-0.15, -0.1) is 0 Å². The largest absolute Gasteiger partial charge is 0.493 e. The Labute approximate surface area is 237 Å². The Kier molecular flexibility index (Phi) is 11.2. The topological polar surface area (TPSA) is 81.5 Å². The second-order valence-electron chi connectivity index (χ2n) is 10.7. The summed E-state index contributed by atoms with van der Waals surface area (Å²) in [6, 6.07) is 17.0. The van der Waals surface area contributed by atoms with Crippen LogP contribution in [0.4, 0.5) is 0 Å². The van der Waals surface area contributed by atoms with E-state index < -0.39 is 0 Å². The van der Waals surface area contributed by atoms with Gasteiger partial charge in [0.15, 0.2) is 11.5 Å². The fourth-order valence-electron chi connectivity index (χ4n) is 4.39. The molecule has 2 aromatic carbocycles. The second kappa shape index (κ2) is 14.6. The number of ether oxygens (including phenoxy) is 3. The minimum absolute atomic E-state index is 0.0179. The van der Waals surface area contributed by atoms with Crippen LogP contribution in [0.1, 0.15) is 54.4 Å². The molecule has 0 radical (unpaired) electrons. The van der Waals surface area contributed by atoms with Gasteiger partial charge in [0.1, 0.15) is 12.3 Å². The summed E-state index contributed by atoms with van der Waals surface area (Å²) in [7, 11) is 4.82. The van der Waals surface area contributed by atoms with E-state index in [9.17, 15) is 9.59 Å². The predicted octanol–water partition coefficient (Wildman–Crippen LogP) is 5.34. The molecule has 0 unspecified atom stereocenters. The molecule has 40 heavy (non-hydrogen) atoms. The lowest BCUT2D eigenvalue weighted by molar-refractivity contribution is -0.132. The van der Waals surface area contributed by atoms with Crippen molar-refractivity contribution < 1.29 is 28.2 Å². The summed E-state index contributed by atoms with van der Waals surface area (Å²) in [5.74, 6) is 1.62. The van der Waals surface area contributed by atoms with Crippen LogP contribution in [0.25, 0.3) is 0 Å². The monoisotopic (exact) mass is 550 g/mol. The number of benzene rings is 2. The average molecular weight is 551 g/mol. The molecule has 2 amide bonds. The molecule has 0 aliphatic heterocycles. The van der Waals surface area contributed by atoms with Gasteiger partial charge in [-0.3, -0.25) is 9.59 Å². The van der Waals surface area contributed by atoms with Crippen molar-refractivity contribution >= 4 is 11.8 Å². The van der Waals surface area contributed by atoms with Crippen LogP contribution in [0, 0.1) is 0 Å². The summed E-state index contributed by atoms with van der Waals surface area (Å²) in [6.07, 6.45) is 2.81. The Morgan fingerprint density at radius 2 is 1.60 bits per heavy atom. The quantitative estimate of drug-likeness (QED) is 0.252. The van der Waals surface area contributed by atoms with Crippen molar-refractivity contribution in [1.29, 1.82) is 0 Å². The van der Waals surface area contributed by atoms with E-state index in [1.54, 1.807) is 43.5 Å². The van der Waals surface area contributed by atoms with E-state index in [1.807, 2.05) is 48.5 Å². The van der Waals surface area contributed by atoms with Crippen LogP contribution >= 0.6 is 0 Å². The second-order valence-corrected chi connectivity index (χ2v) is 10.7. The van der Waals surface area contributed by atoms with Crippen molar-refractivity contribution in [2.45, 2.75) is 45.6 Å². The van der Waals surface area contributed by atoms with Crippen molar-refractivity contribution in [2.75, 3.05) is 47.6 Å². The molecule has 216 valence electrons. The number of hydrogen-bond acceptors (Lipinski definition) is 6. The highest BCUT2D eigenvalue weighted by atomic mass is 16.5. The molecule has 0 fully saturated rings. The lowest BCUT2D eigenvalue weighted by Gasteiger charge is -2.28. The summed E-state index contributed by atoms with van der Waals surface area (Å²) in [5, 5.41) is 0. The average Bonchev–Trinajstić information content (AvgIpc) is 3.47. The van der Waals surface area contributed by atoms with Crippen LogP contribution in [-0.4, -0.2) is 69.2 Å². The maximum absolute atomic E-state index is 13.7. The first kappa shape index (κ1) is 30.8. The fourth-order valence-corrected chi connectivity index (χ4v) is 4.39. The molecular weight excluding hydrogens is 508 g/mol. The lowest BCUT2D eigenvalue weighted by atomic mass is 9.86. The Balaban J connectivity index is 1.78. The molecule has 0 saturated carbocycles. The summed E-state index contributed by atoms with van der Waals surface area (Å²) in [6.45, 7) is 8.00. The van der Waals surface area contributed by atoms with Crippen molar-refractivity contribution in [2.24, 2.45) is 0 Å². The Morgan fingerprint density at radius 3 is 2.20 bits per heavy atom.